The summed E-state index contributed by atoms with van der Waals surface area (Å²) < 4.78 is 5.32. The molecule has 1 aliphatic heterocycles. The van der Waals surface area contributed by atoms with Crippen LogP contribution in [0.5, 0.6) is 0 Å². The van der Waals surface area contributed by atoms with Crippen molar-refractivity contribution in [2.24, 2.45) is 16.7 Å². The number of hydrogen-bond donors (Lipinski definition) is 2. The Kier molecular flexibility index (Phi) is 3.87. The van der Waals surface area contributed by atoms with Gasteiger partial charge in [-0.05, 0) is 43.9 Å². The smallest absolute Gasteiger partial charge is 0.315 e. The normalized spacial score (nSPS) is 46.2. The van der Waals surface area contributed by atoms with Crippen molar-refractivity contribution in [1.29, 1.82) is 0 Å². The first kappa shape index (κ1) is 15.0. The number of cyclic esters (lactones) is 1. The fraction of sp³-hybridized carbons (Fsp3) is 0.824. The molecule has 0 aromatic carbocycles. The van der Waals surface area contributed by atoms with Crippen LogP contribution in [0.1, 0.15) is 51.4 Å². The van der Waals surface area contributed by atoms with E-state index in [1.807, 2.05) is 6.08 Å². The maximum atomic E-state index is 12.6. The molecular formula is C17H26O4. The second-order valence-corrected chi connectivity index (χ2v) is 7.11. The third-order valence-corrected chi connectivity index (χ3v) is 6.25. The minimum atomic E-state index is -0.881. The topological polar surface area (TPSA) is 66.8 Å². The number of rotatable bonds is 3. The summed E-state index contributed by atoms with van der Waals surface area (Å²) in [6.45, 7) is 4.10. The predicted molar refractivity (Wildman–Crippen MR) is 78.5 cm³/mol. The molecule has 2 aliphatic carbocycles. The molecule has 3 fully saturated rings. The van der Waals surface area contributed by atoms with Crippen LogP contribution in [-0.2, 0) is 9.53 Å². The predicted octanol–water partition coefficient (Wildman–Crippen LogP) is 2.19. The molecule has 2 saturated carbocycles. The fourth-order valence-electron chi connectivity index (χ4n) is 5.41. The minimum Gasteiger partial charge on any atom is -0.465 e. The van der Waals surface area contributed by atoms with Crippen molar-refractivity contribution < 1.29 is 19.7 Å². The van der Waals surface area contributed by atoms with Gasteiger partial charge in [-0.3, -0.25) is 4.79 Å². The van der Waals surface area contributed by atoms with E-state index in [4.69, 9.17) is 4.74 Å². The van der Waals surface area contributed by atoms with Crippen molar-refractivity contribution in [3.63, 3.8) is 0 Å². The summed E-state index contributed by atoms with van der Waals surface area (Å²) in [5.41, 5.74) is -0.920. The van der Waals surface area contributed by atoms with Crippen molar-refractivity contribution in [2.45, 2.75) is 63.6 Å². The summed E-state index contributed by atoms with van der Waals surface area (Å²) >= 11 is 0. The van der Waals surface area contributed by atoms with Crippen molar-refractivity contribution >= 4 is 5.97 Å². The van der Waals surface area contributed by atoms with E-state index in [1.165, 1.54) is 0 Å². The molecule has 0 amide bonds. The molecule has 1 saturated heterocycles. The molecule has 4 nitrogen and oxygen atoms in total. The molecular weight excluding hydrogens is 268 g/mol. The Labute approximate surface area is 126 Å². The van der Waals surface area contributed by atoms with Crippen LogP contribution >= 0.6 is 0 Å². The van der Waals surface area contributed by atoms with Crippen LogP contribution in [0.3, 0.4) is 0 Å². The summed E-state index contributed by atoms with van der Waals surface area (Å²) in [5.74, 6) is -0.448. The van der Waals surface area contributed by atoms with Crippen molar-refractivity contribution in [3.8, 4) is 0 Å². The maximum Gasteiger partial charge on any atom is 0.315 e. The van der Waals surface area contributed by atoms with Crippen molar-refractivity contribution in [2.75, 3.05) is 6.61 Å². The summed E-state index contributed by atoms with van der Waals surface area (Å²) in [7, 11) is 0. The Balaban J connectivity index is 2.01. The minimum absolute atomic E-state index is 0.0385. The van der Waals surface area contributed by atoms with Gasteiger partial charge in [0.05, 0.1) is 24.2 Å². The zero-order valence-electron chi connectivity index (χ0n) is 12.6. The highest BCUT2D eigenvalue weighted by molar-refractivity contribution is 5.79. The number of hydrogen-bond acceptors (Lipinski definition) is 4. The average Bonchev–Trinajstić information content (AvgIpc) is 2.82. The molecule has 0 unspecified atom stereocenters. The molecule has 118 valence electrons. The Bertz CT molecular complexity index is 431. The quantitative estimate of drug-likeness (QED) is 0.618. The van der Waals surface area contributed by atoms with Crippen molar-refractivity contribution in [1.82, 2.24) is 0 Å². The molecule has 0 bridgehead atoms. The van der Waals surface area contributed by atoms with E-state index in [-0.39, 0.29) is 17.3 Å². The van der Waals surface area contributed by atoms with Crippen LogP contribution in [0.15, 0.2) is 12.7 Å². The van der Waals surface area contributed by atoms with Gasteiger partial charge in [-0.2, -0.15) is 0 Å². The van der Waals surface area contributed by atoms with Crippen LogP contribution in [0.4, 0.5) is 0 Å². The lowest BCUT2D eigenvalue weighted by molar-refractivity contribution is -0.204. The standard InChI is InChI=1S/C17H26O4/c1-2-3-7-16-8-4-9-17(14(16)12(18)5-10-16)13(19)6-11-21-15(17)20/h2,12-14,18-19H,1,3-11H2/t12-,13+,14+,16-,17-/m0/s1. The summed E-state index contributed by atoms with van der Waals surface area (Å²) in [5, 5.41) is 21.2. The zero-order valence-corrected chi connectivity index (χ0v) is 12.6. The summed E-state index contributed by atoms with van der Waals surface area (Å²) in [4.78, 5) is 12.6. The van der Waals surface area contributed by atoms with Gasteiger partial charge in [-0.25, -0.2) is 0 Å². The van der Waals surface area contributed by atoms with E-state index in [2.05, 4.69) is 6.58 Å². The molecule has 1 heterocycles. The number of fused-ring (bicyclic) bond motifs is 2. The second-order valence-electron chi connectivity index (χ2n) is 7.11. The van der Waals surface area contributed by atoms with E-state index in [0.717, 1.165) is 38.5 Å². The van der Waals surface area contributed by atoms with Gasteiger partial charge in [-0.1, -0.05) is 12.5 Å². The summed E-state index contributed by atoms with van der Waals surface area (Å²) in [6, 6.07) is 0. The molecule has 3 rings (SSSR count). The number of esters is 1. The van der Waals surface area contributed by atoms with E-state index in [0.29, 0.717) is 19.4 Å². The third kappa shape index (κ3) is 2.07. The second kappa shape index (κ2) is 5.40. The molecule has 4 heteroatoms. The number of carbonyl (C=O) groups is 1. The highest BCUT2D eigenvalue weighted by Gasteiger charge is 2.66. The van der Waals surface area contributed by atoms with Gasteiger partial charge in [-0.15, -0.1) is 6.58 Å². The highest BCUT2D eigenvalue weighted by atomic mass is 16.5. The van der Waals surface area contributed by atoms with Gasteiger partial charge in [0.25, 0.3) is 0 Å². The van der Waals surface area contributed by atoms with Gasteiger partial charge in [0, 0.05) is 12.3 Å². The first-order chi connectivity index (χ1) is 10.1. The van der Waals surface area contributed by atoms with Crippen LogP contribution in [0.2, 0.25) is 0 Å². The van der Waals surface area contributed by atoms with E-state index in [9.17, 15) is 15.0 Å². The molecule has 0 aromatic rings. The number of aliphatic hydroxyl groups excluding tert-OH is 2. The van der Waals surface area contributed by atoms with Crippen LogP contribution in [0.25, 0.3) is 0 Å². The first-order valence-corrected chi connectivity index (χ1v) is 8.21. The van der Waals surface area contributed by atoms with Crippen LogP contribution in [0, 0.1) is 16.7 Å². The van der Waals surface area contributed by atoms with Crippen LogP contribution < -0.4 is 0 Å². The van der Waals surface area contributed by atoms with Crippen LogP contribution in [-0.4, -0.2) is 35.0 Å². The highest BCUT2D eigenvalue weighted by Crippen LogP contribution is 2.63. The van der Waals surface area contributed by atoms with Crippen molar-refractivity contribution in [3.05, 3.63) is 12.7 Å². The van der Waals surface area contributed by atoms with Gasteiger partial charge in [0.15, 0.2) is 0 Å². The van der Waals surface area contributed by atoms with Gasteiger partial charge in [0.2, 0.25) is 0 Å². The monoisotopic (exact) mass is 294 g/mol. The number of aliphatic hydroxyl groups is 2. The lowest BCUT2D eigenvalue weighted by Crippen LogP contribution is -2.60. The summed E-state index contributed by atoms with van der Waals surface area (Å²) in [6.07, 6.45) is 7.32. The number of ether oxygens (including phenoxy) is 1. The van der Waals surface area contributed by atoms with Gasteiger partial charge in [0.1, 0.15) is 0 Å². The molecule has 3 aliphatic rings. The largest absolute Gasteiger partial charge is 0.465 e. The molecule has 21 heavy (non-hydrogen) atoms. The number of carbonyl (C=O) groups excluding carboxylic acids is 1. The van der Waals surface area contributed by atoms with E-state index < -0.39 is 17.6 Å². The Morgan fingerprint density at radius 2 is 2.10 bits per heavy atom. The molecule has 0 aromatic heterocycles. The molecule has 2 N–H and O–H groups in total. The fourth-order valence-corrected chi connectivity index (χ4v) is 5.41. The average molecular weight is 294 g/mol. The SMILES string of the molecule is C=CCC[C@@]12CCC[C@@]3(C(=O)OCC[C@H]3O)[C@@H]1[C@@H](O)CC2. The van der Waals surface area contributed by atoms with E-state index in [1.54, 1.807) is 0 Å². The number of allylic oxidation sites excluding steroid dienone is 1. The van der Waals surface area contributed by atoms with Gasteiger partial charge >= 0.3 is 5.97 Å². The van der Waals surface area contributed by atoms with E-state index >= 15 is 0 Å². The molecule has 5 atom stereocenters. The maximum absolute atomic E-state index is 12.6. The Morgan fingerprint density at radius 3 is 2.81 bits per heavy atom. The lowest BCUT2D eigenvalue weighted by atomic mass is 9.51. The zero-order chi connectivity index (χ0) is 15.1. The molecule has 1 spiro atoms. The third-order valence-electron chi connectivity index (χ3n) is 6.25. The first-order valence-electron chi connectivity index (χ1n) is 8.21. The lowest BCUT2D eigenvalue weighted by Gasteiger charge is -2.54. The van der Waals surface area contributed by atoms with Gasteiger partial charge < -0.3 is 14.9 Å². The Morgan fingerprint density at radius 1 is 1.29 bits per heavy atom. The Hall–Kier alpha value is -0.870. The molecule has 0 radical (unpaired) electrons.